The second-order valence-corrected chi connectivity index (χ2v) is 7.03. The maximum atomic E-state index is 9.91. The second kappa shape index (κ2) is 9.61. The molecule has 160 valence electrons. The Bertz CT molecular complexity index is 1230. The Morgan fingerprint density at radius 1 is 0.871 bits per heavy atom. The largest absolute Gasteiger partial charge is 0.508 e. The van der Waals surface area contributed by atoms with Gasteiger partial charge in [0.1, 0.15) is 17.1 Å². The van der Waals surface area contributed by atoms with Crippen LogP contribution in [0.1, 0.15) is 0 Å². The van der Waals surface area contributed by atoms with Gasteiger partial charge in [-0.05, 0) is 24.3 Å². The van der Waals surface area contributed by atoms with E-state index in [4.69, 9.17) is 27.8 Å². The molecule has 0 unspecified atom stereocenters. The minimum absolute atomic E-state index is 0.184. The number of benzene rings is 3. The standard InChI is InChI=1S/C22H17NO3.ClHO4/c1-25-21-10-6-5-9-18(21)23-19-14-22(15-7-3-2-4-8-15)26-20-12-11-16(24)13-17(19)20;2-1(3,4)5/h2-14,24H,1H3;(H,2,3,4,5). The maximum absolute atomic E-state index is 9.91. The zero-order valence-corrected chi connectivity index (χ0v) is 17.0. The first-order valence-corrected chi connectivity index (χ1v) is 10.1. The Morgan fingerprint density at radius 2 is 1.52 bits per heavy atom. The monoisotopic (exact) mass is 443 g/mol. The highest BCUT2D eigenvalue weighted by Crippen LogP contribution is 2.24. The third-order valence-corrected chi connectivity index (χ3v) is 4.18. The van der Waals surface area contributed by atoms with Crippen molar-refractivity contribution >= 4 is 16.7 Å². The number of hydrogen-bond acceptors (Lipinski definition) is 7. The molecule has 4 rings (SSSR count). The quantitative estimate of drug-likeness (QED) is 0.386. The van der Waals surface area contributed by atoms with Crippen LogP contribution < -0.4 is 33.7 Å². The van der Waals surface area contributed by atoms with Crippen molar-refractivity contribution in [1.29, 1.82) is 0 Å². The zero-order valence-electron chi connectivity index (χ0n) is 16.3. The molecule has 4 aromatic rings. The molecule has 3 aromatic carbocycles. The highest BCUT2D eigenvalue weighted by Gasteiger charge is 2.12. The molecule has 0 saturated heterocycles. The van der Waals surface area contributed by atoms with E-state index >= 15 is 0 Å². The summed E-state index contributed by atoms with van der Waals surface area (Å²) in [5, 5.41) is 11.5. The summed E-state index contributed by atoms with van der Waals surface area (Å²) in [6, 6.07) is 24.6. The average Bonchev–Trinajstić information content (AvgIpc) is 2.74. The molecule has 2 N–H and O–H groups in total. The molecule has 0 amide bonds. The fourth-order valence-electron chi connectivity index (χ4n) is 2.92. The number of rotatable bonds is 3. The van der Waals surface area contributed by atoms with E-state index in [0.717, 1.165) is 33.5 Å². The SMILES string of the molecule is COc1ccccc1[NH+]=c1cc(-c2ccccc2)oc2ccc(O)cc12.[O-][Cl+3]([O-])([O-])[O-]. The molecular weight excluding hydrogens is 426 g/mol. The van der Waals surface area contributed by atoms with E-state index < -0.39 is 10.2 Å². The first kappa shape index (κ1) is 22.3. The lowest BCUT2D eigenvalue weighted by atomic mass is 10.1. The van der Waals surface area contributed by atoms with Crippen molar-refractivity contribution in [2.24, 2.45) is 0 Å². The van der Waals surface area contributed by atoms with Crippen LogP contribution in [0.25, 0.3) is 22.3 Å². The Kier molecular flexibility index (Phi) is 6.91. The molecule has 9 heteroatoms. The Labute approximate surface area is 179 Å². The van der Waals surface area contributed by atoms with Crippen molar-refractivity contribution in [3.05, 3.63) is 84.2 Å². The van der Waals surface area contributed by atoms with Crippen LogP contribution in [-0.4, -0.2) is 12.2 Å². The molecule has 31 heavy (non-hydrogen) atoms. The van der Waals surface area contributed by atoms with Gasteiger partial charge in [-0.2, -0.15) is 0 Å². The molecular formula is C22H18ClNO7. The summed E-state index contributed by atoms with van der Waals surface area (Å²) in [7, 11) is -3.31. The van der Waals surface area contributed by atoms with Crippen LogP contribution in [0.4, 0.5) is 5.69 Å². The van der Waals surface area contributed by atoms with Gasteiger partial charge in [-0.25, -0.2) is 23.6 Å². The van der Waals surface area contributed by atoms with Crippen molar-refractivity contribution in [2.75, 3.05) is 7.11 Å². The maximum Gasteiger partial charge on any atom is 0.246 e. The number of halogens is 1. The Balaban J connectivity index is 0.000000491. The van der Waals surface area contributed by atoms with Crippen molar-refractivity contribution in [1.82, 2.24) is 0 Å². The van der Waals surface area contributed by atoms with Crippen LogP contribution in [-0.2, 0) is 0 Å². The van der Waals surface area contributed by atoms with Gasteiger partial charge in [-0.3, -0.25) is 0 Å². The molecule has 0 fully saturated rings. The summed E-state index contributed by atoms with van der Waals surface area (Å²) in [4.78, 5) is 3.41. The van der Waals surface area contributed by atoms with Gasteiger partial charge in [0.2, 0.25) is 11.0 Å². The minimum atomic E-state index is -4.94. The lowest BCUT2D eigenvalue weighted by molar-refractivity contribution is -2.00. The summed E-state index contributed by atoms with van der Waals surface area (Å²) in [5.41, 5.74) is 2.50. The molecule has 0 atom stereocenters. The number of fused-ring (bicyclic) bond motifs is 1. The van der Waals surface area contributed by atoms with Gasteiger partial charge in [0.25, 0.3) is 0 Å². The van der Waals surface area contributed by atoms with Crippen molar-refractivity contribution in [3.63, 3.8) is 0 Å². The normalized spacial score (nSPS) is 11.7. The van der Waals surface area contributed by atoms with E-state index in [1.165, 1.54) is 0 Å². The molecule has 0 aliphatic heterocycles. The number of hydrogen-bond donors (Lipinski definition) is 2. The lowest BCUT2D eigenvalue weighted by Crippen LogP contribution is -2.70. The number of aromatic hydroxyl groups is 1. The number of ether oxygens (including phenoxy) is 1. The molecule has 1 aromatic heterocycles. The van der Waals surface area contributed by atoms with Crippen LogP contribution in [0, 0.1) is 10.2 Å². The van der Waals surface area contributed by atoms with Gasteiger partial charge in [0.05, 0.1) is 18.6 Å². The van der Waals surface area contributed by atoms with Crippen LogP contribution in [0.3, 0.4) is 0 Å². The second-order valence-electron chi connectivity index (χ2n) is 6.27. The molecule has 1 heterocycles. The van der Waals surface area contributed by atoms with E-state index in [0.29, 0.717) is 5.58 Å². The van der Waals surface area contributed by atoms with Crippen LogP contribution in [0.15, 0.2) is 83.3 Å². The lowest BCUT2D eigenvalue weighted by Gasteiger charge is -2.17. The molecule has 8 nitrogen and oxygen atoms in total. The fourth-order valence-corrected chi connectivity index (χ4v) is 2.92. The number of nitrogens with one attached hydrogen (secondary N) is 1. The molecule has 0 aliphatic rings. The Morgan fingerprint density at radius 3 is 2.19 bits per heavy atom. The van der Waals surface area contributed by atoms with Crippen LogP contribution in [0.2, 0.25) is 0 Å². The van der Waals surface area contributed by atoms with Crippen molar-refractivity contribution in [2.45, 2.75) is 0 Å². The van der Waals surface area contributed by atoms with Crippen LogP contribution in [0.5, 0.6) is 11.5 Å². The van der Waals surface area contributed by atoms with E-state index in [1.54, 1.807) is 25.3 Å². The van der Waals surface area contributed by atoms with E-state index in [1.807, 2.05) is 60.7 Å². The highest BCUT2D eigenvalue weighted by atomic mass is 35.7. The highest BCUT2D eigenvalue weighted by molar-refractivity contribution is 5.79. The van der Waals surface area contributed by atoms with Gasteiger partial charge in [-0.15, -0.1) is 10.2 Å². The topological polar surface area (TPSA) is 149 Å². The fraction of sp³-hybridized carbons (Fsp3) is 0.0455. The summed E-state index contributed by atoms with van der Waals surface area (Å²) < 4.78 is 45.5. The predicted molar refractivity (Wildman–Crippen MR) is 100 cm³/mol. The number of phenolic OH excluding ortho intramolecular Hbond substituents is 1. The number of phenols is 1. The van der Waals surface area contributed by atoms with Gasteiger partial charge < -0.3 is 14.3 Å². The first-order valence-electron chi connectivity index (χ1n) is 8.91. The third kappa shape index (κ3) is 6.29. The van der Waals surface area contributed by atoms with Gasteiger partial charge in [0.15, 0.2) is 5.75 Å². The summed E-state index contributed by atoms with van der Waals surface area (Å²) in [6.07, 6.45) is 0. The summed E-state index contributed by atoms with van der Waals surface area (Å²) >= 11 is 0. The van der Waals surface area contributed by atoms with Crippen LogP contribution >= 0.6 is 0 Å². The van der Waals surface area contributed by atoms with Crippen molar-refractivity contribution < 1.29 is 48.1 Å². The predicted octanol–water partition coefficient (Wildman–Crippen LogP) is -1.63. The van der Waals surface area contributed by atoms with Gasteiger partial charge in [0, 0.05) is 11.6 Å². The minimum Gasteiger partial charge on any atom is -0.508 e. The van der Waals surface area contributed by atoms with E-state index in [-0.39, 0.29) is 5.75 Å². The van der Waals surface area contributed by atoms with Gasteiger partial charge in [-0.1, -0.05) is 42.5 Å². The van der Waals surface area contributed by atoms with Gasteiger partial charge >= 0.3 is 0 Å². The molecule has 0 radical (unpaired) electrons. The van der Waals surface area contributed by atoms with E-state index in [9.17, 15) is 5.11 Å². The third-order valence-electron chi connectivity index (χ3n) is 4.18. The Hall–Kier alpha value is -3.40. The summed E-state index contributed by atoms with van der Waals surface area (Å²) in [5.74, 6) is 1.66. The molecule has 0 aliphatic carbocycles. The number of methoxy groups -OCH3 is 1. The molecule has 0 bridgehead atoms. The first-order chi connectivity index (χ1) is 14.7. The number of para-hydroxylation sites is 2. The smallest absolute Gasteiger partial charge is 0.246 e. The van der Waals surface area contributed by atoms with E-state index in [2.05, 4.69) is 4.99 Å². The average molecular weight is 444 g/mol. The molecule has 0 spiro atoms. The zero-order chi connectivity index (χ0) is 22.4. The summed E-state index contributed by atoms with van der Waals surface area (Å²) in [6.45, 7) is 0. The van der Waals surface area contributed by atoms with Crippen molar-refractivity contribution in [3.8, 4) is 22.8 Å². The molecule has 0 saturated carbocycles.